The van der Waals surface area contributed by atoms with Gasteiger partial charge in [-0.3, -0.25) is 19.5 Å². The molecule has 0 saturated carbocycles. The van der Waals surface area contributed by atoms with E-state index < -0.39 is 0 Å². The van der Waals surface area contributed by atoms with E-state index in [4.69, 9.17) is 0 Å². The van der Waals surface area contributed by atoms with Gasteiger partial charge < -0.3 is 10.2 Å². The van der Waals surface area contributed by atoms with Gasteiger partial charge in [-0.2, -0.15) is 0 Å². The van der Waals surface area contributed by atoms with Crippen molar-refractivity contribution in [3.05, 3.63) is 96.1 Å². The van der Waals surface area contributed by atoms with E-state index in [-0.39, 0.29) is 5.91 Å². The maximum Gasteiger partial charge on any atom is 0.238 e. The topological polar surface area (TPSA) is 42.1 Å². The molecule has 0 bridgehead atoms. The van der Waals surface area contributed by atoms with Crippen LogP contribution in [-0.4, -0.2) is 79.5 Å². The first-order chi connectivity index (χ1) is 18.2. The second-order valence-corrected chi connectivity index (χ2v) is 10.2. The first-order valence-electron chi connectivity index (χ1n) is 13.6. The smallest absolute Gasteiger partial charge is 0.238 e. The maximum atomic E-state index is 12.8. The van der Waals surface area contributed by atoms with Crippen LogP contribution in [0.2, 0.25) is 0 Å². The molecular formula is C31H39N5O. The maximum absolute atomic E-state index is 12.8. The predicted molar refractivity (Wildman–Crippen MR) is 152 cm³/mol. The van der Waals surface area contributed by atoms with Crippen molar-refractivity contribution in [1.29, 1.82) is 0 Å². The molecule has 6 nitrogen and oxygen atoms in total. The third-order valence-corrected chi connectivity index (χ3v) is 7.43. The van der Waals surface area contributed by atoms with Crippen LogP contribution in [-0.2, 0) is 17.9 Å². The second kappa shape index (κ2) is 12.9. The van der Waals surface area contributed by atoms with Crippen LogP contribution >= 0.6 is 0 Å². The Morgan fingerprint density at radius 2 is 1.11 bits per heavy atom. The minimum absolute atomic E-state index is 0.0683. The normalized spacial score (nSPS) is 17.9. The fourth-order valence-electron chi connectivity index (χ4n) is 5.35. The monoisotopic (exact) mass is 497 g/mol. The van der Waals surface area contributed by atoms with Crippen molar-refractivity contribution in [2.45, 2.75) is 19.5 Å². The van der Waals surface area contributed by atoms with Crippen LogP contribution in [0.5, 0.6) is 0 Å². The summed E-state index contributed by atoms with van der Waals surface area (Å²) >= 11 is 0. The zero-order chi connectivity index (χ0) is 25.3. The summed E-state index contributed by atoms with van der Waals surface area (Å²) in [5.74, 6) is 0.0683. The number of hydrogen-bond acceptors (Lipinski definition) is 5. The largest absolute Gasteiger partial charge is 0.369 e. The van der Waals surface area contributed by atoms with Crippen molar-refractivity contribution in [2.24, 2.45) is 0 Å². The van der Waals surface area contributed by atoms with E-state index in [0.29, 0.717) is 6.54 Å². The summed E-state index contributed by atoms with van der Waals surface area (Å²) < 4.78 is 0. The molecule has 2 saturated heterocycles. The fourth-order valence-corrected chi connectivity index (χ4v) is 5.35. The highest BCUT2D eigenvalue weighted by atomic mass is 16.2. The number of rotatable bonds is 8. The third kappa shape index (κ3) is 7.65. The van der Waals surface area contributed by atoms with Crippen LogP contribution in [0, 0.1) is 0 Å². The number of benzene rings is 3. The number of amides is 1. The molecule has 0 aromatic heterocycles. The number of nitrogens with zero attached hydrogens (tertiary/aromatic N) is 4. The Balaban J connectivity index is 1.04. The van der Waals surface area contributed by atoms with Crippen molar-refractivity contribution in [2.75, 3.05) is 69.1 Å². The summed E-state index contributed by atoms with van der Waals surface area (Å²) in [5.41, 5.74) is 4.83. The molecular weight excluding hydrogens is 458 g/mol. The van der Waals surface area contributed by atoms with Gasteiger partial charge in [0.05, 0.1) is 6.54 Å². The molecule has 2 aliphatic rings. The SMILES string of the molecule is O=C(CN1CCCN(Cc2ccccc2)CC1)Nc1ccc(N2CCN(Cc3ccccc3)CC2)cc1. The number of nitrogens with one attached hydrogen (secondary N) is 1. The lowest BCUT2D eigenvalue weighted by Gasteiger charge is -2.36. The predicted octanol–water partition coefficient (Wildman–Crippen LogP) is 4.16. The van der Waals surface area contributed by atoms with Crippen LogP contribution in [0.3, 0.4) is 0 Å². The van der Waals surface area contributed by atoms with E-state index in [9.17, 15) is 4.79 Å². The van der Waals surface area contributed by atoms with Gasteiger partial charge in [-0.25, -0.2) is 0 Å². The Kier molecular flexibility index (Phi) is 8.85. The second-order valence-electron chi connectivity index (χ2n) is 10.2. The number of piperazine rings is 1. The van der Waals surface area contributed by atoms with Gasteiger partial charge in [0.2, 0.25) is 5.91 Å². The van der Waals surface area contributed by atoms with E-state index >= 15 is 0 Å². The van der Waals surface area contributed by atoms with Crippen molar-refractivity contribution in [3.8, 4) is 0 Å². The zero-order valence-corrected chi connectivity index (χ0v) is 21.8. The van der Waals surface area contributed by atoms with E-state index in [2.05, 4.69) is 97.7 Å². The van der Waals surface area contributed by atoms with Gasteiger partial charge in [-0.15, -0.1) is 0 Å². The standard InChI is InChI=1S/C31H39N5O/c37-31(26-34-17-7-16-33(18-19-34)24-27-8-3-1-4-9-27)32-29-12-14-30(15-13-29)36-22-20-35(21-23-36)25-28-10-5-2-6-11-28/h1-6,8-15H,7,16-26H2,(H,32,37). The van der Waals surface area contributed by atoms with Gasteiger partial charge in [-0.05, 0) is 54.9 Å². The molecule has 0 radical (unpaired) electrons. The third-order valence-electron chi connectivity index (χ3n) is 7.43. The highest BCUT2D eigenvalue weighted by Crippen LogP contribution is 2.20. The number of anilines is 2. The number of carbonyl (C=O) groups is 1. The molecule has 0 unspecified atom stereocenters. The molecule has 37 heavy (non-hydrogen) atoms. The molecule has 2 aliphatic heterocycles. The van der Waals surface area contributed by atoms with E-state index in [1.807, 2.05) is 12.1 Å². The molecule has 2 heterocycles. The first-order valence-corrected chi connectivity index (χ1v) is 13.6. The number of hydrogen-bond donors (Lipinski definition) is 1. The lowest BCUT2D eigenvalue weighted by Crippen LogP contribution is -2.45. The van der Waals surface area contributed by atoms with Crippen LogP contribution in [0.4, 0.5) is 11.4 Å². The van der Waals surface area contributed by atoms with Gasteiger partial charge in [0.1, 0.15) is 0 Å². The van der Waals surface area contributed by atoms with Crippen molar-refractivity contribution in [1.82, 2.24) is 14.7 Å². The lowest BCUT2D eigenvalue weighted by molar-refractivity contribution is -0.117. The summed E-state index contributed by atoms with van der Waals surface area (Å²) in [6.45, 7) is 10.6. The molecule has 1 N–H and O–H groups in total. The van der Waals surface area contributed by atoms with Gasteiger partial charge in [0, 0.05) is 63.7 Å². The van der Waals surface area contributed by atoms with Crippen molar-refractivity contribution < 1.29 is 4.79 Å². The Hall–Kier alpha value is -3.19. The van der Waals surface area contributed by atoms with Gasteiger partial charge >= 0.3 is 0 Å². The summed E-state index contributed by atoms with van der Waals surface area (Å²) in [7, 11) is 0. The van der Waals surface area contributed by atoms with Crippen LogP contribution in [0.15, 0.2) is 84.9 Å². The highest BCUT2D eigenvalue weighted by molar-refractivity contribution is 5.92. The summed E-state index contributed by atoms with van der Waals surface area (Å²) in [4.78, 5) is 22.5. The number of carbonyl (C=O) groups excluding carboxylic acids is 1. The summed E-state index contributed by atoms with van der Waals surface area (Å²) in [6, 6.07) is 29.7. The van der Waals surface area contributed by atoms with E-state index in [1.54, 1.807) is 0 Å². The summed E-state index contributed by atoms with van der Waals surface area (Å²) in [5, 5.41) is 3.10. The molecule has 3 aromatic carbocycles. The van der Waals surface area contributed by atoms with Gasteiger partial charge in [0.25, 0.3) is 0 Å². The molecule has 6 heteroatoms. The molecule has 0 atom stereocenters. The van der Waals surface area contributed by atoms with Crippen molar-refractivity contribution >= 4 is 17.3 Å². The molecule has 1 amide bonds. The molecule has 3 aromatic rings. The van der Waals surface area contributed by atoms with E-state index in [0.717, 1.165) is 77.6 Å². The molecule has 2 fully saturated rings. The van der Waals surface area contributed by atoms with Crippen LogP contribution < -0.4 is 10.2 Å². The van der Waals surface area contributed by atoms with Crippen molar-refractivity contribution in [3.63, 3.8) is 0 Å². The first kappa shape index (κ1) is 25.5. The highest BCUT2D eigenvalue weighted by Gasteiger charge is 2.19. The van der Waals surface area contributed by atoms with Crippen LogP contribution in [0.25, 0.3) is 0 Å². The lowest BCUT2D eigenvalue weighted by atomic mass is 10.2. The van der Waals surface area contributed by atoms with E-state index in [1.165, 1.54) is 16.8 Å². The summed E-state index contributed by atoms with van der Waals surface area (Å²) in [6.07, 6.45) is 1.09. The fraction of sp³-hybridized carbons (Fsp3) is 0.387. The minimum atomic E-state index is 0.0683. The Bertz CT molecular complexity index is 1100. The molecule has 194 valence electrons. The molecule has 5 rings (SSSR count). The Morgan fingerprint density at radius 1 is 0.595 bits per heavy atom. The molecule has 0 aliphatic carbocycles. The minimum Gasteiger partial charge on any atom is -0.369 e. The van der Waals surface area contributed by atoms with Gasteiger partial charge in [-0.1, -0.05) is 60.7 Å². The Labute approximate surface area is 221 Å². The average molecular weight is 498 g/mol. The molecule has 0 spiro atoms. The zero-order valence-electron chi connectivity index (χ0n) is 21.8. The quantitative estimate of drug-likeness (QED) is 0.506. The van der Waals surface area contributed by atoms with Gasteiger partial charge in [0.15, 0.2) is 0 Å². The average Bonchev–Trinajstić information content (AvgIpc) is 3.15. The van der Waals surface area contributed by atoms with Crippen LogP contribution in [0.1, 0.15) is 17.5 Å². The Morgan fingerprint density at radius 3 is 1.73 bits per heavy atom.